The molecule has 0 spiro atoms. The summed E-state index contributed by atoms with van der Waals surface area (Å²) in [5.41, 5.74) is 0.0320. The average Bonchev–Trinajstić information content (AvgIpc) is 2.54. The van der Waals surface area contributed by atoms with Crippen molar-refractivity contribution in [2.45, 2.75) is 34.2 Å². The molecule has 0 radical (unpaired) electrons. The number of hydrogen-bond donors (Lipinski definition) is 2. The van der Waals surface area contributed by atoms with Gasteiger partial charge in [-0.1, -0.05) is 20.8 Å². The van der Waals surface area contributed by atoms with Gasteiger partial charge in [0.05, 0.1) is 12.2 Å². The van der Waals surface area contributed by atoms with Gasteiger partial charge in [-0.3, -0.25) is 4.79 Å². The normalized spacial score (nSPS) is 11.3. The maximum Gasteiger partial charge on any atom is 0.347 e. The van der Waals surface area contributed by atoms with Crippen molar-refractivity contribution >= 4 is 23.2 Å². The Morgan fingerprint density at radius 2 is 2.00 bits per heavy atom. The molecule has 0 bridgehead atoms. The van der Waals surface area contributed by atoms with E-state index in [4.69, 9.17) is 5.11 Å². The lowest BCUT2D eigenvalue weighted by Gasteiger charge is -2.16. The van der Waals surface area contributed by atoms with Gasteiger partial charge in [-0.2, -0.15) is 0 Å². The molecule has 0 aliphatic carbocycles. The second-order valence-electron chi connectivity index (χ2n) is 4.76. The number of thiazole rings is 1. The number of nitrogens with zero attached hydrogens (tertiary/aromatic N) is 1. The van der Waals surface area contributed by atoms with Crippen LogP contribution in [0.25, 0.3) is 0 Å². The third-order valence-electron chi connectivity index (χ3n) is 2.12. The number of aryl methyl sites for hydroxylation is 1. The maximum absolute atomic E-state index is 11.6. The van der Waals surface area contributed by atoms with Crippen LogP contribution < -0.4 is 5.32 Å². The first-order chi connectivity index (χ1) is 7.71. The molecule has 0 saturated carbocycles. The van der Waals surface area contributed by atoms with Crippen LogP contribution in [0.1, 0.15) is 41.1 Å². The summed E-state index contributed by atoms with van der Waals surface area (Å²) in [5.74, 6) is -1.06. The predicted molar refractivity (Wildman–Crippen MR) is 65.1 cm³/mol. The third kappa shape index (κ3) is 3.52. The van der Waals surface area contributed by atoms with Gasteiger partial charge in [0, 0.05) is 5.41 Å². The highest BCUT2D eigenvalue weighted by Crippen LogP contribution is 2.18. The Kier molecular flexibility index (Phi) is 3.87. The van der Waals surface area contributed by atoms with Crippen molar-refractivity contribution in [2.75, 3.05) is 0 Å². The van der Waals surface area contributed by atoms with Crippen molar-refractivity contribution in [1.82, 2.24) is 10.3 Å². The van der Waals surface area contributed by atoms with Gasteiger partial charge in [0.25, 0.3) is 0 Å². The van der Waals surface area contributed by atoms with E-state index in [1.807, 2.05) is 20.8 Å². The molecule has 0 aromatic carbocycles. The van der Waals surface area contributed by atoms with Gasteiger partial charge in [-0.25, -0.2) is 9.78 Å². The highest BCUT2D eigenvalue weighted by Gasteiger charge is 2.21. The largest absolute Gasteiger partial charge is 0.477 e. The van der Waals surface area contributed by atoms with E-state index in [0.717, 1.165) is 11.3 Å². The Balaban J connectivity index is 2.68. The van der Waals surface area contributed by atoms with E-state index in [-0.39, 0.29) is 17.3 Å². The number of carboxylic acids is 1. The standard InChI is InChI=1S/C11H16N2O3S/c1-6-8(9(14)15)17-7(13-6)5-12-10(16)11(2,3)4/h5H2,1-4H3,(H,12,16)(H,14,15). The molecule has 6 heteroatoms. The molecule has 0 atom stereocenters. The number of carboxylic acid groups (broad SMARTS) is 1. The lowest BCUT2D eigenvalue weighted by atomic mass is 9.96. The number of carbonyl (C=O) groups excluding carboxylic acids is 1. The van der Waals surface area contributed by atoms with Crippen molar-refractivity contribution in [3.63, 3.8) is 0 Å². The lowest BCUT2D eigenvalue weighted by Crippen LogP contribution is -2.34. The van der Waals surface area contributed by atoms with Crippen molar-refractivity contribution < 1.29 is 14.7 Å². The van der Waals surface area contributed by atoms with Gasteiger partial charge >= 0.3 is 5.97 Å². The molecule has 1 aromatic rings. The van der Waals surface area contributed by atoms with Crippen LogP contribution in [0.15, 0.2) is 0 Å². The van der Waals surface area contributed by atoms with Crippen molar-refractivity contribution in [3.8, 4) is 0 Å². The Labute approximate surface area is 104 Å². The number of nitrogens with one attached hydrogen (secondary N) is 1. The quantitative estimate of drug-likeness (QED) is 0.864. The van der Waals surface area contributed by atoms with Crippen LogP contribution in [-0.2, 0) is 11.3 Å². The molecule has 0 unspecified atom stereocenters. The Bertz CT molecular complexity index is 446. The van der Waals surface area contributed by atoms with E-state index in [9.17, 15) is 9.59 Å². The number of carbonyl (C=O) groups is 2. The van der Waals surface area contributed by atoms with Crippen LogP contribution in [0, 0.1) is 12.3 Å². The summed E-state index contributed by atoms with van der Waals surface area (Å²) in [6.45, 7) is 7.37. The van der Waals surface area contributed by atoms with E-state index in [1.165, 1.54) is 0 Å². The molecule has 5 nitrogen and oxygen atoms in total. The highest BCUT2D eigenvalue weighted by molar-refractivity contribution is 7.13. The van der Waals surface area contributed by atoms with Gasteiger partial charge < -0.3 is 10.4 Å². The first-order valence-electron chi connectivity index (χ1n) is 5.19. The van der Waals surface area contributed by atoms with Crippen LogP contribution in [0.2, 0.25) is 0 Å². The molecule has 0 fully saturated rings. The fourth-order valence-electron chi connectivity index (χ4n) is 1.15. The topological polar surface area (TPSA) is 79.3 Å². The summed E-state index contributed by atoms with van der Waals surface area (Å²) in [5, 5.41) is 12.2. The maximum atomic E-state index is 11.6. The van der Waals surface area contributed by atoms with E-state index in [2.05, 4.69) is 10.3 Å². The third-order valence-corrected chi connectivity index (χ3v) is 3.26. The number of hydrogen-bond acceptors (Lipinski definition) is 4. The van der Waals surface area contributed by atoms with Crippen LogP contribution >= 0.6 is 11.3 Å². The summed E-state index contributed by atoms with van der Waals surface area (Å²) in [4.78, 5) is 26.8. The zero-order chi connectivity index (χ0) is 13.2. The highest BCUT2D eigenvalue weighted by atomic mass is 32.1. The minimum Gasteiger partial charge on any atom is -0.477 e. The van der Waals surface area contributed by atoms with Gasteiger partial charge in [0.15, 0.2) is 0 Å². The molecule has 94 valence electrons. The Hall–Kier alpha value is -1.43. The average molecular weight is 256 g/mol. The van der Waals surface area contributed by atoms with E-state index >= 15 is 0 Å². The molecular formula is C11H16N2O3S. The van der Waals surface area contributed by atoms with Crippen LogP contribution in [-0.4, -0.2) is 22.0 Å². The van der Waals surface area contributed by atoms with Crippen molar-refractivity contribution in [1.29, 1.82) is 0 Å². The molecule has 0 saturated heterocycles. The Morgan fingerprint density at radius 1 is 1.41 bits per heavy atom. The first kappa shape index (κ1) is 13.6. The minimum atomic E-state index is -0.978. The molecule has 2 N–H and O–H groups in total. The van der Waals surface area contributed by atoms with Crippen LogP contribution in [0.3, 0.4) is 0 Å². The number of amides is 1. The molecule has 0 aliphatic rings. The van der Waals surface area contributed by atoms with E-state index in [1.54, 1.807) is 6.92 Å². The van der Waals surface area contributed by atoms with Crippen molar-refractivity contribution in [3.05, 3.63) is 15.6 Å². The van der Waals surface area contributed by atoms with Crippen molar-refractivity contribution in [2.24, 2.45) is 5.41 Å². The fraction of sp³-hybridized carbons (Fsp3) is 0.545. The van der Waals surface area contributed by atoms with E-state index in [0.29, 0.717) is 10.7 Å². The summed E-state index contributed by atoms with van der Waals surface area (Å²) in [6, 6.07) is 0. The van der Waals surface area contributed by atoms with Gasteiger partial charge in [0.1, 0.15) is 9.88 Å². The number of aromatic carboxylic acids is 1. The van der Waals surface area contributed by atoms with Crippen LogP contribution in [0.4, 0.5) is 0 Å². The summed E-state index contributed by atoms with van der Waals surface area (Å²) in [6.07, 6.45) is 0. The molecule has 1 rings (SSSR count). The van der Waals surface area contributed by atoms with Gasteiger partial charge in [0.2, 0.25) is 5.91 Å². The number of aromatic nitrogens is 1. The second kappa shape index (κ2) is 4.83. The SMILES string of the molecule is Cc1nc(CNC(=O)C(C)(C)C)sc1C(=O)O. The second-order valence-corrected chi connectivity index (χ2v) is 5.84. The van der Waals surface area contributed by atoms with Gasteiger partial charge in [-0.15, -0.1) is 11.3 Å². The fourth-order valence-corrected chi connectivity index (χ4v) is 1.99. The first-order valence-corrected chi connectivity index (χ1v) is 6.01. The molecular weight excluding hydrogens is 240 g/mol. The smallest absolute Gasteiger partial charge is 0.347 e. The zero-order valence-electron chi connectivity index (χ0n) is 10.3. The van der Waals surface area contributed by atoms with Gasteiger partial charge in [-0.05, 0) is 6.92 Å². The Morgan fingerprint density at radius 3 is 2.41 bits per heavy atom. The monoisotopic (exact) mass is 256 g/mol. The molecule has 1 amide bonds. The minimum absolute atomic E-state index is 0.0813. The zero-order valence-corrected chi connectivity index (χ0v) is 11.1. The molecule has 1 heterocycles. The molecule has 1 aromatic heterocycles. The summed E-state index contributed by atoms with van der Waals surface area (Å²) < 4.78 is 0. The predicted octanol–water partition coefficient (Wildman–Crippen LogP) is 1.81. The van der Waals surface area contributed by atoms with Crippen LogP contribution in [0.5, 0.6) is 0 Å². The number of rotatable bonds is 3. The molecule has 17 heavy (non-hydrogen) atoms. The summed E-state index contributed by atoms with van der Waals surface area (Å²) in [7, 11) is 0. The summed E-state index contributed by atoms with van der Waals surface area (Å²) >= 11 is 1.09. The van der Waals surface area contributed by atoms with E-state index < -0.39 is 11.4 Å². The lowest BCUT2D eigenvalue weighted by molar-refractivity contribution is -0.128. The molecule has 0 aliphatic heterocycles.